The minimum atomic E-state index is 0.279. The van der Waals surface area contributed by atoms with E-state index < -0.39 is 0 Å². The minimum Gasteiger partial charge on any atom is -0.306 e. The molecule has 68 valence electrons. The summed E-state index contributed by atoms with van der Waals surface area (Å²) in [7, 11) is 1.88. The summed E-state index contributed by atoms with van der Waals surface area (Å²) in [6.07, 6.45) is 1.13. The van der Waals surface area contributed by atoms with Gasteiger partial charge in [0.05, 0.1) is 13.3 Å². The largest absolute Gasteiger partial charge is 0.306 e. The van der Waals surface area contributed by atoms with Gasteiger partial charge >= 0.3 is 0 Å². The summed E-state index contributed by atoms with van der Waals surface area (Å²) in [6, 6.07) is 0. The second-order valence-electron chi connectivity index (χ2n) is 3.48. The monoisotopic (exact) mass is 160 g/mol. The van der Waals surface area contributed by atoms with E-state index in [-0.39, 0.29) is 5.41 Å². The molecule has 0 aromatic carbocycles. The van der Waals surface area contributed by atoms with Crippen molar-refractivity contribution in [1.82, 2.24) is 10.8 Å². The van der Waals surface area contributed by atoms with Crippen molar-refractivity contribution in [2.75, 3.05) is 20.3 Å². The van der Waals surface area contributed by atoms with E-state index in [1.807, 2.05) is 7.05 Å². The maximum atomic E-state index is 5.22. The third-order valence-electron chi connectivity index (χ3n) is 1.77. The highest BCUT2D eigenvalue weighted by Crippen LogP contribution is 2.18. The highest BCUT2D eigenvalue weighted by atomic mass is 16.6. The highest BCUT2D eigenvalue weighted by Gasteiger charge is 2.14. The Bertz CT molecular complexity index is 94.1. The standard InChI is InChI=1S/C8H20N2O/c1-5-8(2,3)6-11-10-7-9-4/h9-10H,5-7H2,1-4H3. The summed E-state index contributed by atoms with van der Waals surface area (Å²) >= 11 is 0. The van der Waals surface area contributed by atoms with Crippen LogP contribution in [0.2, 0.25) is 0 Å². The molecule has 2 N–H and O–H groups in total. The Morgan fingerprint density at radius 1 is 1.36 bits per heavy atom. The lowest BCUT2D eigenvalue weighted by atomic mass is 9.92. The van der Waals surface area contributed by atoms with Crippen molar-refractivity contribution in [2.24, 2.45) is 5.41 Å². The average Bonchev–Trinajstić information content (AvgIpc) is 1.99. The summed E-state index contributed by atoms with van der Waals surface area (Å²) in [5, 5.41) is 2.94. The lowest BCUT2D eigenvalue weighted by molar-refractivity contribution is -0.0121. The quantitative estimate of drug-likeness (QED) is 0.347. The van der Waals surface area contributed by atoms with Crippen molar-refractivity contribution in [1.29, 1.82) is 0 Å². The Morgan fingerprint density at radius 3 is 2.45 bits per heavy atom. The Labute approximate surface area is 69.5 Å². The van der Waals surface area contributed by atoms with E-state index in [9.17, 15) is 0 Å². The van der Waals surface area contributed by atoms with Crippen molar-refractivity contribution >= 4 is 0 Å². The van der Waals surface area contributed by atoms with Gasteiger partial charge in [-0.1, -0.05) is 20.8 Å². The first kappa shape index (κ1) is 10.9. The summed E-state index contributed by atoms with van der Waals surface area (Å²) < 4.78 is 0. The van der Waals surface area contributed by atoms with E-state index in [0.29, 0.717) is 6.67 Å². The van der Waals surface area contributed by atoms with Crippen LogP contribution < -0.4 is 10.8 Å². The Morgan fingerprint density at radius 2 is 2.00 bits per heavy atom. The van der Waals surface area contributed by atoms with Gasteiger partial charge in [0.25, 0.3) is 0 Å². The molecule has 0 fully saturated rings. The molecule has 0 amide bonds. The van der Waals surface area contributed by atoms with Gasteiger partial charge in [0.2, 0.25) is 0 Å². The van der Waals surface area contributed by atoms with Crippen molar-refractivity contribution in [2.45, 2.75) is 27.2 Å². The van der Waals surface area contributed by atoms with E-state index in [1.54, 1.807) is 0 Å². The van der Waals surface area contributed by atoms with Gasteiger partial charge < -0.3 is 5.32 Å². The molecule has 0 aromatic rings. The first-order valence-electron chi connectivity index (χ1n) is 4.11. The van der Waals surface area contributed by atoms with Gasteiger partial charge in [-0.15, -0.1) is 0 Å². The molecule has 0 saturated heterocycles. The smallest absolute Gasteiger partial charge is 0.0733 e. The predicted octanol–water partition coefficient (Wildman–Crippen LogP) is 1.12. The van der Waals surface area contributed by atoms with Crippen molar-refractivity contribution in [3.05, 3.63) is 0 Å². The first-order chi connectivity index (χ1) is 5.12. The number of hydrogen-bond acceptors (Lipinski definition) is 3. The molecular weight excluding hydrogens is 140 g/mol. The van der Waals surface area contributed by atoms with E-state index >= 15 is 0 Å². The molecule has 3 nitrogen and oxygen atoms in total. The average molecular weight is 160 g/mol. The van der Waals surface area contributed by atoms with Crippen LogP contribution in [0.15, 0.2) is 0 Å². The molecule has 11 heavy (non-hydrogen) atoms. The molecular formula is C8H20N2O. The Kier molecular flexibility index (Phi) is 5.46. The topological polar surface area (TPSA) is 33.3 Å². The third kappa shape index (κ3) is 6.28. The number of rotatable bonds is 6. The molecule has 0 unspecified atom stereocenters. The van der Waals surface area contributed by atoms with Gasteiger partial charge in [-0.05, 0) is 18.9 Å². The lowest BCUT2D eigenvalue weighted by Gasteiger charge is -2.21. The van der Waals surface area contributed by atoms with Crippen molar-refractivity contribution in [3.8, 4) is 0 Å². The zero-order chi connectivity index (χ0) is 8.74. The molecule has 0 spiro atoms. The highest BCUT2D eigenvalue weighted by molar-refractivity contribution is 4.63. The van der Waals surface area contributed by atoms with Crippen LogP contribution in [-0.2, 0) is 4.84 Å². The van der Waals surface area contributed by atoms with Crippen LogP contribution in [0.1, 0.15) is 27.2 Å². The van der Waals surface area contributed by atoms with Gasteiger partial charge in [-0.3, -0.25) is 4.84 Å². The normalized spacial score (nSPS) is 12.0. The fourth-order valence-corrected chi connectivity index (χ4v) is 0.472. The molecule has 0 aliphatic rings. The third-order valence-corrected chi connectivity index (χ3v) is 1.77. The number of hydroxylamine groups is 1. The minimum absolute atomic E-state index is 0.279. The van der Waals surface area contributed by atoms with Gasteiger partial charge in [-0.25, -0.2) is 0 Å². The first-order valence-corrected chi connectivity index (χ1v) is 4.11. The predicted molar refractivity (Wildman–Crippen MR) is 47.1 cm³/mol. The fourth-order valence-electron chi connectivity index (χ4n) is 0.472. The molecule has 0 aliphatic heterocycles. The molecule has 0 aromatic heterocycles. The molecule has 0 aliphatic carbocycles. The maximum Gasteiger partial charge on any atom is 0.0733 e. The van der Waals surface area contributed by atoms with Crippen LogP contribution in [0.3, 0.4) is 0 Å². The van der Waals surface area contributed by atoms with Crippen molar-refractivity contribution < 1.29 is 4.84 Å². The van der Waals surface area contributed by atoms with E-state index in [4.69, 9.17) is 4.84 Å². The van der Waals surface area contributed by atoms with E-state index in [0.717, 1.165) is 13.0 Å². The SMILES string of the molecule is CCC(C)(C)CONCNC. The fraction of sp³-hybridized carbons (Fsp3) is 1.00. The zero-order valence-electron chi connectivity index (χ0n) is 8.03. The molecule has 0 saturated carbocycles. The maximum absolute atomic E-state index is 5.22. The molecule has 0 rings (SSSR count). The molecule has 0 bridgehead atoms. The zero-order valence-corrected chi connectivity index (χ0v) is 8.03. The van der Waals surface area contributed by atoms with Gasteiger partial charge in [0, 0.05) is 0 Å². The number of hydrogen-bond donors (Lipinski definition) is 2. The molecule has 0 atom stereocenters. The Balaban J connectivity index is 3.23. The second-order valence-corrected chi connectivity index (χ2v) is 3.48. The van der Waals surface area contributed by atoms with Crippen LogP contribution in [-0.4, -0.2) is 20.3 Å². The van der Waals surface area contributed by atoms with Crippen molar-refractivity contribution in [3.63, 3.8) is 0 Å². The van der Waals surface area contributed by atoms with Gasteiger partial charge in [0.1, 0.15) is 0 Å². The summed E-state index contributed by atoms with van der Waals surface area (Å²) in [5.74, 6) is 0. The van der Waals surface area contributed by atoms with E-state index in [1.165, 1.54) is 0 Å². The van der Waals surface area contributed by atoms with Crippen LogP contribution in [0.4, 0.5) is 0 Å². The van der Waals surface area contributed by atoms with Crippen LogP contribution in [0, 0.1) is 5.41 Å². The summed E-state index contributed by atoms with van der Waals surface area (Å²) in [4.78, 5) is 5.22. The van der Waals surface area contributed by atoms with Crippen LogP contribution >= 0.6 is 0 Å². The lowest BCUT2D eigenvalue weighted by Crippen LogP contribution is -2.30. The molecule has 0 radical (unpaired) electrons. The number of nitrogens with one attached hydrogen (secondary N) is 2. The Hall–Kier alpha value is -0.120. The van der Waals surface area contributed by atoms with Crippen LogP contribution in [0.5, 0.6) is 0 Å². The van der Waals surface area contributed by atoms with Gasteiger partial charge in [-0.2, -0.15) is 5.48 Å². The van der Waals surface area contributed by atoms with Crippen LogP contribution in [0.25, 0.3) is 0 Å². The summed E-state index contributed by atoms with van der Waals surface area (Å²) in [6.45, 7) is 7.99. The molecule has 3 heteroatoms. The summed E-state index contributed by atoms with van der Waals surface area (Å²) in [5.41, 5.74) is 3.09. The molecule has 0 heterocycles. The second kappa shape index (κ2) is 5.52. The van der Waals surface area contributed by atoms with Gasteiger partial charge in [0.15, 0.2) is 0 Å². The van der Waals surface area contributed by atoms with E-state index in [2.05, 4.69) is 31.6 Å².